The molecule has 0 aromatic heterocycles. The third kappa shape index (κ3) is 3.26. The third-order valence-electron chi connectivity index (χ3n) is 2.39. The maximum atomic E-state index is 13.3. The summed E-state index contributed by atoms with van der Waals surface area (Å²) in [7, 11) is -3.89. The van der Waals surface area contributed by atoms with E-state index < -0.39 is 32.6 Å². The second-order valence-electron chi connectivity index (χ2n) is 3.63. The standard InChI is InChI=1S/C11H13FO4S/c1-2-10(11(13)14)17(15,16)7-8-5-3-4-6-9(8)12/h3-6,10H,2,7H2,1H3,(H,13,14). The van der Waals surface area contributed by atoms with Crippen LogP contribution >= 0.6 is 0 Å². The number of carboxylic acids is 1. The molecule has 94 valence electrons. The van der Waals surface area contributed by atoms with Crippen LogP contribution in [0.4, 0.5) is 4.39 Å². The van der Waals surface area contributed by atoms with E-state index in [-0.39, 0.29) is 12.0 Å². The van der Waals surface area contributed by atoms with Crippen molar-refractivity contribution in [1.82, 2.24) is 0 Å². The van der Waals surface area contributed by atoms with Gasteiger partial charge in [0.2, 0.25) is 0 Å². The fourth-order valence-electron chi connectivity index (χ4n) is 1.51. The fraction of sp³-hybridized carbons (Fsp3) is 0.364. The van der Waals surface area contributed by atoms with Crippen molar-refractivity contribution in [2.75, 3.05) is 0 Å². The predicted octanol–water partition coefficient (Wildman–Crippen LogP) is 1.60. The zero-order chi connectivity index (χ0) is 13.1. The second-order valence-corrected chi connectivity index (χ2v) is 5.82. The number of benzene rings is 1. The van der Waals surface area contributed by atoms with E-state index in [1.807, 2.05) is 0 Å². The number of aliphatic carboxylic acids is 1. The molecule has 0 aliphatic rings. The van der Waals surface area contributed by atoms with Crippen molar-refractivity contribution >= 4 is 15.8 Å². The molecule has 0 radical (unpaired) electrons. The topological polar surface area (TPSA) is 71.4 Å². The Morgan fingerprint density at radius 2 is 2.00 bits per heavy atom. The largest absolute Gasteiger partial charge is 0.480 e. The number of rotatable bonds is 5. The van der Waals surface area contributed by atoms with E-state index in [9.17, 15) is 17.6 Å². The van der Waals surface area contributed by atoms with Gasteiger partial charge in [0.25, 0.3) is 0 Å². The molecule has 0 amide bonds. The van der Waals surface area contributed by atoms with E-state index in [4.69, 9.17) is 5.11 Å². The van der Waals surface area contributed by atoms with Gasteiger partial charge >= 0.3 is 5.97 Å². The highest BCUT2D eigenvalue weighted by Crippen LogP contribution is 2.16. The summed E-state index contributed by atoms with van der Waals surface area (Å²) in [5.41, 5.74) is -0.00722. The van der Waals surface area contributed by atoms with Gasteiger partial charge in [-0.1, -0.05) is 25.1 Å². The van der Waals surface area contributed by atoms with Crippen LogP contribution in [-0.2, 0) is 20.4 Å². The molecular weight excluding hydrogens is 247 g/mol. The lowest BCUT2D eigenvalue weighted by molar-refractivity contribution is -0.136. The van der Waals surface area contributed by atoms with Crippen molar-refractivity contribution in [2.45, 2.75) is 24.3 Å². The molecule has 17 heavy (non-hydrogen) atoms. The van der Waals surface area contributed by atoms with Gasteiger partial charge in [0.1, 0.15) is 5.82 Å². The molecule has 0 saturated heterocycles. The summed E-state index contributed by atoms with van der Waals surface area (Å²) in [6, 6.07) is 5.43. The molecule has 1 rings (SSSR count). The van der Waals surface area contributed by atoms with Crippen LogP contribution in [-0.4, -0.2) is 24.7 Å². The Bertz CT molecular complexity index is 510. The first kappa shape index (κ1) is 13.6. The number of hydrogen-bond acceptors (Lipinski definition) is 3. The Morgan fingerprint density at radius 3 is 2.47 bits per heavy atom. The van der Waals surface area contributed by atoms with Crippen molar-refractivity contribution in [2.24, 2.45) is 0 Å². The zero-order valence-corrected chi connectivity index (χ0v) is 10.1. The van der Waals surface area contributed by atoms with E-state index in [1.165, 1.54) is 25.1 Å². The van der Waals surface area contributed by atoms with Crippen LogP contribution in [0.1, 0.15) is 18.9 Å². The molecule has 0 heterocycles. The molecule has 0 saturated carbocycles. The van der Waals surface area contributed by atoms with Gasteiger partial charge in [0, 0.05) is 5.56 Å². The van der Waals surface area contributed by atoms with E-state index >= 15 is 0 Å². The van der Waals surface area contributed by atoms with Gasteiger partial charge in [-0.2, -0.15) is 0 Å². The van der Waals surface area contributed by atoms with Crippen LogP contribution in [0, 0.1) is 5.82 Å². The summed E-state index contributed by atoms with van der Waals surface area (Å²) in [5.74, 6) is -2.63. The first-order chi connectivity index (χ1) is 7.88. The maximum absolute atomic E-state index is 13.3. The molecule has 6 heteroatoms. The summed E-state index contributed by atoms with van der Waals surface area (Å²) >= 11 is 0. The highest BCUT2D eigenvalue weighted by Gasteiger charge is 2.31. The molecule has 0 spiro atoms. The van der Waals surface area contributed by atoms with Gasteiger partial charge < -0.3 is 5.11 Å². The SMILES string of the molecule is CCC(C(=O)O)S(=O)(=O)Cc1ccccc1F. The Morgan fingerprint density at radius 1 is 1.41 bits per heavy atom. The molecular formula is C11H13FO4S. The average Bonchev–Trinajstić information content (AvgIpc) is 2.21. The van der Waals surface area contributed by atoms with Gasteiger partial charge in [-0.15, -0.1) is 0 Å². The molecule has 1 aromatic carbocycles. The second kappa shape index (κ2) is 5.27. The lowest BCUT2D eigenvalue weighted by Crippen LogP contribution is -2.30. The quantitative estimate of drug-likeness (QED) is 0.873. The minimum Gasteiger partial charge on any atom is -0.480 e. The minimum atomic E-state index is -3.89. The number of halogens is 1. The van der Waals surface area contributed by atoms with E-state index in [2.05, 4.69) is 0 Å². The Kier molecular flexibility index (Phi) is 4.22. The summed E-state index contributed by atoms with van der Waals surface area (Å²) in [4.78, 5) is 10.8. The maximum Gasteiger partial charge on any atom is 0.321 e. The minimum absolute atomic E-state index is 0.00722. The molecule has 0 aliphatic heterocycles. The summed E-state index contributed by atoms with van der Waals surface area (Å²) in [6.45, 7) is 1.47. The van der Waals surface area contributed by atoms with Gasteiger partial charge in [0.15, 0.2) is 15.1 Å². The first-order valence-corrected chi connectivity index (χ1v) is 6.77. The van der Waals surface area contributed by atoms with Gasteiger partial charge in [0.05, 0.1) is 5.75 Å². The van der Waals surface area contributed by atoms with Crippen LogP contribution in [0.2, 0.25) is 0 Å². The highest BCUT2D eigenvalue weighted by atomic mass is 32.2. The summed E-state index contributed by atoms with van der Waals surface area (Å²) in [6.07, 6.45) is -0.0356. The molecule has 4 nitrogen and oxygen atoms in total. The first-order valence-electron chi connectivity index (χ1n) is 5.06. The van der Waals surface area contributed by atoms with Crippen molar-refractivity contribution in [3.63, 3.8) is 0 Å². The van der Waals surface area contributed by atoms with Crippen molar-refractivity contribution in [3.05, 3.63) is 35.6 Å². The molecule has 0 bridgehead atoms. The molecule has 1 atom stereocenters. The molecule has 1 unspecified atom stereocenters. The van der Waals surface area contributed by atoms with E-state index in [0.29, 0.717) is 0 Å². The lowest BCUT2D eigenvalue weighted by Gasteiger charge is -2.11. The molecule has 0 fully saturated rings. The monoisotopic (exact) mass is 260 g/mol. The molecule has 1 aromatic rings. The predicted molar refractivity (Wildman–Crippen MR) is 60.7 cm³/mol. The van der Waals surface area contributed by atoms with Crippen LogP contribution in [0.15, 0.2) is 24.3 Å². The fourth-order valence-corrected chi connectivity index (χ4v) is 3.20. The number of carbonyl (C=O) groups is 1. The Balaban J connectivity index is 3.02. The summed E-state index contributed by atoms with van der Waals surface area (Å²) < 4.78 is 36.8. The van der Waals surface area contributed by atoms with Gasteiger partial charge in [-0.3, -0.25) is 4.79 Å². The van der Waals surface area contributed by atoms with E-state index in [0.717, 1.165) is 6.07 Å². The normalized spacial score (nSPS) is 13.3. The van der Waals surface area contributed by atoms with Gasteiger partial charge in [-0.25, -0.2) is 12.8 Å². The van der Waals surface area contributed by atoms with Crippen molar-refractivity contribution < 1.29 is 22.7 Å². The summed E-state index contributed by atoms with van der Waals surface area (Å²) in [5, 5.41) is 7.30. The highest BCUT2D eigenvalue weighted by molar-refractivity contribution is 7.92. The van der Waals surface area contributed by atoms with Crippen LogP contribution in [0.3, 0.4) is 0 Å². The van der Waals surface area contributed by atoms with Crippen molar-refractivity contribution in [3.8, 4) is 0 Å². The molecule has 1 N–H and O–H groups in total. The Labute approximate surface area is 99.0 Å². The number of carboxylic acid groups (broad SMARTS) is 1. The Hall–Kier alpha value is -1.43. The van der Waals surface area contributed by atoms with Gasteiger partial charge in [-0.05, 0) is 12.5 Å². The number of hydrogen-bond donors (Lipinski definition) is 1. The van der Waals surface area contributed by atoms with Crippen LogP contribution in [0.25, 0.3) is 0 Å². The van der Waals surface area contributed by atoms with E-state index in [1.54, 1.807) is 0 Å². The zero-order valence-electron chi connectivity index (χ0n) is 9.26. The van der Waals surface area contributed by atoms with Crippen LogP contribution < -0.4 is 0 Å². The van der Waals surface area contributed by atoms with Crippen molar-refractivity contribution in [1.29, 1.82) is 0 Å². The lowest BCUT2D eigenvalue weighted by atomic mass is 10.2. The molecule has 0 aliphatic carbocycles. The average molecular weight is 260 g/mol. The third-order valence-corrected chi connectivity index (χ3v) is 4.51. The van der Waals surface area contributed by atoms with Crippen LogP contribution in [0.5, 0.6) is 0 Å². The number of sulfone groups is 1. The smallest absolute Gasteiger partial charge is 0.321 e.